The number of morpholine rings is 1. The summed E-state index contributed by atoms with van der Waals surface area (Å²) in [4.78, 5) is 14.2. The van der Waals surface area contributed by atoms with Gasteiger partial charge in [0.15, 0.2) is 0 Å². The van der Waals surface area contributed by atoms with E-state index in [1.807, 2.05) is 11.8 Å². The molecule has 16 heavy (non-hydrogen) atoms. The van der Waals surface area contributed by atoms with E-state index in [-0.39, 0.29) is 24.2 Å². The van der Waals surface area contributed by atoms with Crippen LogP contribution >= 0.6 is 0 Å². The minimum atomic E-state index is 0.0582. The third-order valence-electron chi connectivity index (χ3n) is 3.45. The number of hydrogen-bond acceptors (Lipinski definition) is 3. The quantitative estimate of drug-likeness (QED) is 0.756. The SMILES string of the molecule is CCC1CN(C(=O)C2CCCN2)CC(C)O1. The molecule has 0 radical (unpaired) electrons. The predicted octanol–water partition coefficient (Wildman–Crippen LogP) is 0.764. The van der Waals surface area contributed by atoms with Gasteiger partial charge in [0.1, 0.15) is 0 Å². The Morgan fingerprint density at radius 3 is 2.94 bits per heavy atom. The molecule has 4 nitrogen and oxygen atoms in total. The van der Waals surface area contributed by atoms with Crippen molar-refractivity contribution in [3.63, 3.8) is 0 Å². The minimum absolute atomic E-state index is 0.0582. The fourth-order valence-corrected chi connectivity index (χ4v) is 2.57. The molecule has 0 bridgehead atoms. The normalized spacial score (nSPS) is 35.4. The van der Waals surface area contributed by atoms with Gasteiger partial charge in [-0.15, -0.1) is 0 Å². The summed E-state index contributed by atoms with van der Waals surface area (Å²) in [6, 6.07) is 0.0582. The molecular weight excluding hydrogens is 204 g/mol. The zero-order valence-electron chi connectivity index (χ0n) is 10.2. The van der Waals surface area contributed by atoms with Crippen LogP contribution < -0.4 is 5.32 Å². The lowest BCUT2D eigenvalue weighted by Crippen LogP contribution is -2.53. The molecule has 92 valence electrons. The monoisotopic (exact) mass is 226 g/mol. The van der Waals surface area contributed by atoms with Gasteiger partial charge in [-0.3, -0.25) is 4.79 Å². The van der Waals surface area contributed by atoms with E-state index >= 15 is 0 Å². The van der Waals surface area contributed by atoms with E-state index in [0.29, 0.717) is 0 Å². The number of amides is 1. The van der Waals surface area contributed by atoms with Crippen LogP contribution in [0.3, 0.4) is 0 Å². The van der Waals surface area contributed by atoms with Crippen molar-refractivity contribution in [2.75, 3.05) is 19.6 Å². The number of carbonyl (C=O) groups is 1. The summed E-state index contributed by atoms with van der Waals surface area (Å²) in [6.07, 6.45) is 3.47. The number of hydrogen-bond donors (Lipinski definition) is 1. The fraction of sp³-hybridized carbons (Fsp3) is 0.917. The number of ether oxygens (including phenoxy) is 1. The minimum Gasteiger partial charge on any atom is -0.372 e. The van der Waals surface area contributed by atoms with E-state index in [4.69, 9.17) is 4.74 Å². The molecule has 0 aromatic heterocycles. The Morgan fingerprint density at radius 2 is 2.31 bits per heavy atom. The maximum Gasteiger partial charge on any atom is 0.239 e. The van der Waals surface area contributed by atoms with Crippen molar-refractivity contribution in [1.82, 2.24) is 10.2 Å². The third kappa shape index (κ3) is 2.55. The number of carbonyl (C=O) groups excluding carboxylic acids is 1. The number of nitrogens with zero attached hydrogens (tertiary/aromatic N) is 1. The second-order valence-electron chi connectivity index (χ2n) is 4.87. The molecular formula is C12H22N2O2. The molecule has 0 aliphatic carbocycles. The highest BCUT2D eigenvalue weighted by atomic mass is 16.5. The first-order chi connectivity index (χ1) is 7.70. The highest BCUT2D eigenvalue weighted by molar-refractivity contribution is 5.82. The Bertz CT molecular complexity index is 251. The molecule has 3 unspecified atom stereocenters. The first-order valence-corrected chi connectivity index (χ1v) is 6.38. The first kappa shape index (κ1) is 11.9. The van der Waals surface area contributed by atoms with Crippen LogP contribution in [0.4, 0.5) is 0 Å². The Kier molecular flexibility index (Phi) is 3.82. The largest absolute Gasteiger partial charge is 0.372 e. The standard InChI is InChI=1S/C12H22N2O2/c1-3-10-8-14(7-9(2)16-10)12(15)11-5-4-6-13-11/h9-11,13H,3-8H2,1-2H3. The molecule has 2 aliphatic rings. The van der Waals surface area contributed by atoms with E-state index < -0.39 is 0 Å². The first-order valence-electron chi connectivity index (χ1n) is 6.38. The van der Waals surface area contributed by atoms with Gasteiger partial charge in [-0.1, -0.05) is 6.92 Å². The Labute approximate surface area is 97.3 Å². The molecule has 2 aliphatic heterocycles. The van der Waals surface area contributed by atoms with Crippen molar-refractivity contribution < 1.29 is 9.53 Å². The van der Waals surface area contributed by atoms with Gasteiger partial charge in [-0.25, -0.2) is 0 Å². The molecule has 0 spiro atoms. The Morgan fingerprint density at radius 1 is 1.50 bits per heavy atom. The zero-order valence-corrected chi connectivity index (χ0v) is 10.2. The molecule has 2 fully saturated rings. The third-order valence-corrected chi connectivity index (χ3v) is 3.45. The molecule has 2 rings (SSSR count). The van der Waals surface area contributed by atoms with Gasteiger partial charge in [0.2, 0.25) is 5.91 Å². The lowest BCUT2D eigenvalue weighted by Gasteiger charge is -2.37. The molecule has 0 aromatic carbocycles. The summed E-state index contributed by atoms with van der Waals surface area (Å²) in [6.45, 7) is 6.64. The molecule has 2 heterocycles. The van der Waals surface area contributed by atoms with E-state index in [2.05, 4.69) is 12.2 Å². The van der Waals surface area contributed by atoms with E-state index in [1.165, 1.54) is 0 Å². The lowest BCUT2D eigenvalue weighted by molar-refractivity contribution is -0.146. The maximum absolute atomic E-state index is 12.2. The molecule has 1 amide bonds. The Hall–Kier alpha value is -0.610. The molecule has 4 heteroatoms. The van der Waals surface area contributed by atoms with Crippen molar-refractivity contribution in [3.8, 4) is 0 Å². The van der Waals surface area contributed by atoms with Crippen LogP contribution in [0.2, 0.25) is 0 Å². The van der Waals surface area contributed by atoms with Crippen molar-refractivity contribution in [2.24, 2.45) is 0 Å². The van der Waals surface area contributed by atoms with E-state index in [9.17, 15) is 4.79 Å². The van der Waals surface area contributed by atoms with Crippen LogP contribution in [-0.4, -0.2) is 48.7 Å². The molecule has 1 N–H and O–H groups in total. The molecule has 0 aromatic rings. The maximum atomic E-state index is 12.2. The molecule has 3 atom stereocenters. The second kappa shape index (κ2) is 5.15. The topological polar surface area (TPSA) is 41.6 Å². The summed E-state index contributed by atoms with van der Waals surface area (Å²) >= 11 is 0. The average molecular weight is 226 g/mol. The summed E-state index contributed by atoms with van der Waals surface area (Å²) in [5, 5.41) is 3.27. The van der Waals surface area contributed by atoms with Crippen LogP contribution in [0, 0.1) is 0 Å². The van der Waals surface area contributed by atoms with Crippen LogP contribution in [0.1, 0.15) is 33.1 Å². The van der Waals surface area contributed by atoms with Crippen LogP contribution in [0.15, 0.2) is 0 Å². The highest BCUT2D eigenvalue weighted by Gasteiger charge is 2.32. The smallest absolute Gasteiger partial charge is 0.239 e. The van der Waals surface area contributed by atoms with Crippen LogP contribution in [0.5, 0.6) is 0 Å². The van der Waals surface area contributed by atoms with Crippen molar-refractivity contribution >= 4 is 5.91 Å². The summed E-state index contributed by atoms with van der Waals surface area (Å²) in [7, 11) is 0. The van der Waals surface area contributed by atoms with Gasteiger partial charge < -0.3 is 15.0 Å². The van der Waals surface area contributed by atoms with Crippen molar-refractivity contribution in [2.45, 2.75) is 51.4 Å². The van der Waals surface area contributed by atoms with Gasteiger partial charge in [-0.05, 0) is 32.7 Å². The lowest BCUT2D eigenvalue weighted by atomic mass is 10.1. The number of rotatable bonds is 2. The fourth-order valence-electron chi connectivity index (χ4n) is 2.57. The van der Waals surface area contributed by atoms with Gasteiger partial charge in [0.05, 0.1) is 18.2 Å². The Balaban J connectivity index is 1.94. The summed E-state index contributed by atoms with van der Waals surface area (Å²) in [5.41, 5.74) is 0. The van der Waals surface area contributed by atoms with Crippen molar-refractivity contribution in [3.05, 3.63) is 0 Å². The second-order valence-corrected chi connectivity index (χ2v) is 4.87. The van der Waals surface area contributed by atoms with Gasteiger partial charge in [0, 0.05) is 13.1 Å². The van der Waals surface area contributed by atoms with E-state index in [1.54, 1.807) is 0 Å². The molecule has 2 saturated heterocycles. The predicted molar refractivity (Wildman–Crippen MR) is 62.2 cm³/mol. The average Bonchev–Trinajstić information content (AvgIpc) is 2.80. The van der Waals surface area contributed by atoms with Gasteiger partial charge >= 0.3 is 0 Å². The van der Waals surface area contributed by atoms with Crippen LogP contribution in [0.25, 0.3) is 0 Å². The van der Waals surface area contributed by atoms with Gasteiger partial charge in [0.25, 0.3) is 0 Å². The van der Waals surface area contributed by atoms with Crippen molar-refractivity contribution in [1.29, 1.82) is 0 Å². The highest BCUT2D eigenvalue weighted by Crippen LogP contribution is 2.16. The summed E-state index contributed by atoms with van der Waals surface area (Å²) in [5.74, 6) is 0.270. The van der Waals surface area contributed by atoms with Crippen LogP contribution in [-0.2, 0) is 9.53 Å². The molecule has 0 saturated carbocycles. The van der Waals surface area contributed by atoms with E-state index in [0.717, 1.165) is 38.9 Å². The zero-order chi connectivity index (χ0) is 11.5. The number of nitrogens with one attached hydrogen (secondary N) is 1. The van der Waals surface area contributed by atoms with Gasteiger partial charge in [-0.2, -0.15) is 0 Å². The summed E-state index contributed by atoms with van der Waals surface area (Å²) < 4.78 is 5.76.